The molecule has 0 spiro atoms. The van der Waals surface area contributed by atoms with E-state index in [2.05, 4.69) is 0 Å². The van der Waals surface area contributed by atoms with Gasteiger partial charge < -0.3 is 5.73 Å². The van der Waals surface area contributed by atoms with Gasteiger partial charge in [-0.1, -0.05) is 11.6 Å². The first-order chi connectivity index (χ1) is 7.27. The predicted molar refractivity (Wildman–Crippen MR) is 48.3 cm³/mol. The molecule has 0 bridgehead atoms. The minimum Gasteiger partial charge on any atom is -0.366 e. The average Bonchev–Trinajstić information content (AvgIpc) is 2.15. The Labute approximate surface area is 92.8 Å². The highest BCUT2D eigenvalue weighted by Crippen LogP contribution is 2.37. The summed E-state index contributed by atoms with van der Waals surface area (Å²) in [6, 6.07) is 1.51. The number of quaternary nitrogens is 1. The maximum atomic E-state index is 12.5. The highest BCUT2D eigenvalue weighted by molar-refractivity contribution is 6.33. The van der Waals surface area contributed by atoms with Gasteiger partial charge in [-0.3, -0.25) is 4.79 Å². The van der Waals surface area contributed by atoms with Crippen LogP contribution in [0.15, 0.2) is 12.1 Å². The van der Waals surface area contributed by atoms with Crippen molar-refractivity contribution in [3.63, 3.8) is 0 Å². The molecular formula is C8H7ClF3N2O2+. The van der Waals surface area contributed by atoms with Crippen LogP contribution in [0.25, 0.3) is 0 Å². The molecule has 1 amide bonds. The SMILES string of the molecule is NC(=O)c1cc([NH2+]O)c(Cl)c(C(F)(F)F)c1. The summed E-state index contributed by atoms with van der Waals surface area (Å²) in [5, 5.41) is 8.01. The lowest BCUT2D eigenvalue weighted by molar-refractivity contribution is -0.825. The summed E-state index contributed by atoms with van der Waals surface area (Å²) in [7, 11) is 0. The fourth-order valence-electron chi connectivity index (χ4n) is 1.09. The number of nitrogens with two attached hydrogens (primary N) is 2. The zero-order valence-corrected chi connectivity index (χ0v) is 8.43. The van der Waals surface area contributed by atoms with E-state index in [1.807, 2.05) is 0 Å². The fourth-order valence-corrected chi connectivity index (χ4v) is 1.35. The summed E-state index contributed by atoms with van der Waals surface area (Å²) in [5.41, 5.74) is 3.32. The Balaban J connectivity index is 3.48. The van der Waals surface area contributed by atoms with Crippen molar-refractivity contribution < 1.29 is 28.7 Å². The van der Waals surface area contributed by atoms with E-state index in [0.717, 1.165) is 6.07 Å². The normalized spacial score (nSPS) is 11.6. The van der Waals surface area contributed by atoms with Gasteiger partial charge in [-0.2, -0.15) is 18.7 Å². The minimum absolute atomic E-state index is 0.315. The molecule has 0 radical (unpaired) electrons. The number of alkyl halides is 3. The van der Waals surface area contributed by atoms with Crippen molar-refractivity contribution in [3.05, 3.63) is 28.3 Å². The van der Waals surface area contributed by atoms with E-state index in [9.17, 15) is 18.0 Å². The number of rotatable bonds is 2. The molecule has 1 rings (SSSR count). The number of carbonyl (C=O) groups is 1. The van der Waals surface area contributed by atoms with E-state index in [4.69, 9.17) is 22.5 Å². The summed E-state index contributed by atoms with van der Waals surface area (Å²) >= 11 is 5.41. The summed E-state index contributed by atoms with van der Waals surface area (Å²) in [5.74, 6) is -1.04. The van der Waals surface area contributed by atoms with Crippen molar-refractivity contribution >= 4 is 23.2 Å². The Bertz CT molecular complexity index is 434. The third-order valence-corrected chi connectivity index (χ3v) is 2.25. The lowest BCUT2D eigenvalue weighted by atomic mass is 10.1. The molecule has 5 N–H and O–H groups in total. The average molecular weight is 256 g/mol. The molecule has 1 aromatic carbocycles. The van der Waals surface area contributed by atoms with Crippen LogP contribution in [0.3, 0.4) is 0 Å². The first-order valence-electron chi connectivity index (χ1n) is 3.95. The van der Waals surface area contributed by atoms with Crippen LogP contribution in [0.5, 0.6) is 0 Å². The molecule has 0 saturated heterocycles. The number of primary amides is 1. The van der Waals surface area contributed by atoms with E-state index in [0.29, 0.717) is 11.5 Å². The van der Waals surface area contributed by atoms with E-state index in [1.54, 1.807) is 0 Å². The maximum absolute atomic E-state index is 12.5. The first-order valence-corrected chi connectivity index (χ1v) is 4.33. The summed E-state index contributed by atoms with van der Waals surface area (Å²) in [6.45, 7) is 0. The van der Waals surface area contributed by atoms with Crippen LogP contribution in [0.2, 0.25) is 5.02 Å². The van der Waals surface area contributed by atoms with Crippen molar-refractivity contribution in [2.75, 3.05) is 0 Å². The van der Waals surface area contributed by atoms with Crippen LogP contribution in [0, 0.1) is 0 Å². The smallest absolute Gasteiger partial charge is 0.366 e. The highest BCUT2D eigenvalue weighted by atomic mass is 35.5. The second kappa shape index (κ2) is 4.28. The van der Waals surface area contributed by atoms with Crippen LogP contribution in [0.1, 0.15) is 15.9 Å². The Kier molecular flexibility index (Phi) is 3.41. The molecule has 0 unspecified atom stereocenters. The van der Waals surface area contributed by atoms with Crippen LogP contribution in [-0.4, -0.2) is 11.1 Å². The van der Waals surface area contributed by atoms with Gasteiger partial charge in [-0.25, -0.2) is 5.21 Å². The Morgan fingerprint density at radius 1 is 1.44 bits per heavy atom. The molecule has 8 heteroatoms. The van der Waals surface area contributed by atoms with Crippen molar-refractivity contribution in [1.82, 2.24) is 0 Å². The number of hydrogen-bond donors (Lipinski definition) is 3. The van der Waals surface area contributed by atoms with Gasteiger partial charge in [-0.05, 0) is 6.07 Å². The van der Waals surface area contributed by atoms with Gasteiger partial charge in [0.1, 0.15) is 5.02 Å². The molecule has 0 aliphatic carbocycles. The molecule has 0 saturated carbocycles. The minimum atomic E-state index is -4.72. The molecular weight excluding hydrogens is 249 g/mol. The van der Waals surface area contributed by atoms with Gasteiger partial charge in [-0.15, -0.1) is 0 Å². The number of amides is 1. The third-order valence-electron chi connectivity index (χ3n) is 1.83. The lowest BCUT2D eigenvalue weighted by Crippen LogP contribution is -2.74. The van der Waals surface area contributed by atoms with Crippen LogP contribution < -0.4 is 11.2 Å². The van der Waals surface area contributed by atoms with Crippen molar-refractivity contribution in [1.29, 1.82) is 0 Å². The van der Waals surface area contributed by atoms with E-state index < -0.39 is 22.7 Å². The van der Waals surface area contributed by atoms with Crippen LogP contribution >= 0.6 is 11.6 Å². The molecule has 4 nitrogen and oxygen atoms in total. The fraction of sp³-hybridized carbons (Fsp3) is 0.125. The highest BCUT2D eigenvalue weighted by Gasteiger charge is 2.36. The summed E-state index contributed by atoms with van der Waals surface area (Å²) in [4.78, 5) is 10.8. The topological polar surface area (TPSA) is 79.9 Å². The maximum Gasteiger partial charge on any atom is 0.418 e. The van der Waals surface area contributed by atoms with E-state index in [1.165, 1.54) is 0 Å². The largest absolute Gasteiger partial charge is 0.418 e. The molecule has 16 heavy (non-hydrogen) atoms. The predicted octanol–water partition coefficient (Wildman–Crippen LogP) is 1.04. The second-order valence-corrected chi connectivity index (χ2v) is 3.30. The second-order valence-electron chi connectivity index (χ2n) is 2.92. The number of carbonyl (C=O) groups excluding carboxylic acids is 1. The summed E-state index contributed by atoms with van der Waals surface area (Å²) in [6.07, 6.45) is -4.72. The summed E-state index contributed by atoms with van der Waals surface area (Å²) < 4.78 is 37.4. The number of halogens is 4. The third kappa shape index (κ3) is 2.43. The van der Waals surface area contributed by atoms with Gasteiger partial charge in [0, 0.05) is 11.6 Å². The van der Waals surface area contributed by atoms with Gasteiger partial charge >= 0.3 is 6.18 Å². The van der Waals surface area contributed by atoms with Crippen molar-refractivity contribution in [3.8, 4) is 0 Å². The van der Waals surface area contributed by atoms with Gasteiger partial charge in [0.2, 0.25) is 5.91 Å². The van der Waals surface area contributed by atoms with Gasteiger partial charge in [0.25, 0.3) is 0 Å². The van der Waals surface area contributed by atoms with Crippen molar-refractivity contribution in [2.45, 2.75) is 6.18 Å². The Hall–Kier alpha value is -1.31. The van der Waals surface area contributed by atoms with E-state index in [-0.39, 0.29) is 11.3 Å². The zero-order valence-electron chi connectivity index (χ0n) is 7.68. The molecule has 0 fully saturated rings. The molecule has 0 aliphatic heterocycles. The standard InChI is InChI=1S/C8H6ClF3N2O2/c9-6-4(8(10,11)12)1-3(7(13)15)2-5(6)14-16/h1-2,14,16H,(H2,13,15)/p+1. The number of benzene rings is 1. The van der Waals surface area contributed by atoms with E-state index >= 15 is 0 Å². The number of hydrogen-bond acceptors (Lipinski definition) is 2. The quantitative estimate of drug-likeness (QED) is 0.545. The van der Waals surface area contributed by atoms with Crippen LogP contribution in [-0.2, 0) is 6.18 Å². The van der Waals surface area contributed by atoms with Crippen molar-refractivity contribution in [2.24, 2.45) is 5.73 Å². The zero-order chi connectivity index (χ0) is 12.5. The first kappa shape index (κ1) is 12.8. The van der Waals surface area contributed by atoms with Crippen LogP contribution in [0.4, 0.5) is 18.9 Å². The Morgan fingerprint density at radius 3 is 2.38 bits per heavy atom. The molecule has 88 valence electrons. The Morgan fingerprint density at radius 2 is 2.00 bits per heavy atom. The lowest BCUT2D eigenvalue weighted by Gasteiger charge is -2.10. The van der Waals surface area contributed by atoms with Gasteiger partial charge in [0.05, 0.1) is 5.56 Å². The molecule has 0 aliphatic rings. The molecule has 0 heterocycles. The van der Waals surface area contributed by atoms with Gasteiger partial charge in [0.15, 0.2) is 5.69 Å². The molecule has 0 atom stereocenters. The monoisotopic (exact) mass is 255 g/mol. The molecule has 0 aromatic heterocycles. The molecule has 1 aromatic rings.